The van der Waals surface area contributed by atoms with E-state index in [2.05, 4.69) is 10.1 Å². The fourth-order valence-electron chi connectivity index (χ4n) is 0.588. The van der Waals surface area contributed by atoms with E-state index in [1.54, 1.807) is 6.92 Å². The maximum absolute atomic E-state index is 8.38. The van der Waals surface area contributed by atoms with Crippen LogP contribution >= 0.6 is 22.9 Å². The van der Waals surface area contributed by atoms with E-state index in [1.165, 1.54) is 0 Å². The van der Waals surface area contributed by atoms with Crippen LogP contribution in [0.2, 0.25) is 4.34 Å². The summed E-state index contributed by atoms with van der Waals surface area (Å²) in [5.41, 5.74) is 6.16. The van der Waals surface area contributed by atoms with Gasteiger partial charge in [-0.05, 0) is 6.92 Å². The maximum atomic E-state index is 8.38. The highest BCUT2D eigenvalue weighted by Crippen LogP contribution is 2.25. The van der Waals surface area contributed by atoms with Gasteiger partial charge in [-0.25, -0.2) is 4.98 Å². The molecule has 0 aliphatic heterocycles. The molecule has 0 saturated carbocycles. The molecule has 0 aromatic carbocycles. The van der Waals surface area contributed by atoms with Gasteiger partial charge in [0.05, 0.1) is 0 Å². The molecule has 60 valence electrons. The Morgan fingerprint density at radius 1 is 1.82 bits per heavy atom. The van der Waals surface area contributed by atoms with E-state index in [-0.39, 0.29) is 0 Å². The standard InChI is InChI=1S/C5H6ClN3OS/c1-2(9-10)3-4(6)11-5(7)8-3/h10H,1H3,(H2,7,8)/b9-2+. The molecule has 4 nitrogen and oxygen atoms in total. The third-order valence-corrected chi connectivity index (χ3v) is 2.18. The number of oxime groups is 1. The SMILES string of the molecule is C/C(=N\O)c1nc(N)sc1Cl. The number of nitrogens with zero attached hydrogens (tertiary/aromatic N) is 2. The molecular formula is C5H6ClN3OS. The molecule has 0 unspecified atom stereocenters. The van der Waals surface area contributed by atoms with Crippen LogP contribution in [-0.4, -0.2) is 15.9 Å². The van der Waals surface area contributed by atoms with E-state index >= 15 is 0 Å². The quantitative estimate of drug-likeness (QED) is 0.402. The number of hydrogen-bond acceptors (Lipinski definition) is 5. The molecule has 0 spiro atoms. The predicted octanol–water partition coefficient (Wildman–Crippen LogP) is 1.58. The summed E-state index contributed by atoms with van der Waals surface area (Å²) in [5.74, 6) is 0. The van der Waals surface area contributed by atoms with Gasteiger partial charge in [-0.15, -0.1) is 0 Å². The molecular weight excluding hydrogens is 186 g/mol. The van der Waals surface area contributed by atoms with Crippen molar-refractivity contribution in [2.75, 3.05) is 5.73 Å². The Kier molecular flexibility index (Phi) is 2.31. The molecule has 1 heterocycles. The molecule has 0 saturated heterocycles. The van der Waals surface area contributed by atoms with Crippen LogP contribution in [0.15, 0.2) is 5.16 Å². The molecule has 0 atom stereocenters. The van der Waals surface area contributed by atoms with E-state index in [1.807, 2.05) is 0 Å². The van der Waals surface area contributed by atoms with Crippen LogP contribution in [0.5, 0.6) is 0 Å². The zero-order valence-electron chi connectivity index (χ0n) is 5.71. The highest BCUT2D eigenvalue weighted by molar-refractivity contribution is 7.19. The van der Waals surface area contributed by atoms with Gasteiger partial charge in [0.15, 0.2) is 5.13 Å². The van der Waals surface area contributed by atoms with Gasteiger partial charge in [0.1, 0.15) is 15.7 Å². The van der Waals surface area contributed by atoms with Crippen LogP contribution in [0, 0.1) is 0 Å². The molecule has 0 aliphatic rings. The number of aromatic nitrogens is 1. The predicted molar refractivity (Wildman–Crippen MR) is 45.5 cm³/mol. The topological polar surface area (TPSA) is 71.5 Å². The van der Waals surface area contributed by atoms with Gasteiger partial charge in [-0.2, -0.15) is 0 Å². The minimum Gasteiger partial charge on any atom is -0.411 e. The van der Waals surface area contributed by atoms with Crippen LogP contribution in [0.3, 0.4) is 0 Å². The van der Waals surface area contributed by atoms with Crippen molar-refractivity contribution in [1.82, 2.24) is 4.98 Å². The van der Waals surface area contributed by atoms with Crippen molar-refractivity contribution in [3.8, 4) is 0 Å². The monoisotopic (exact) mass is 191 g/mol. The van der Waals surface area contributed by atoms with E-state index in [0.717, 1.165) is 11.3 Å². The molecule has 1 aromatic rings. The summed E-state index contributed by atoms with van der Waals surface area (Å²) in [7, 11) is 0. The average molecular weight is 192 g/mol. The molecule has 1 aromatic heterocycles. The van der Waals surface area contributed by atoms with Crippen molar-refractivity contribution in [3.63, 3.8) is 0 Å². The minimum atomic E-state index is 0.364. The molecule has 0 fully saturated rings. The Morgan fingerprint density at radius 2 is 2.45 bits per heavy atom. The molecule has 0 amide bonds. The Morgan fingerprint density at radius 3 is 2.82 bits per heavy atom. The summed E-state index contributed by atoms with van der Waals surface area (Å²) in [6, 6.07) is 0. The number of nitrogens with two attached hydrogens (primary N) is 1. The number of nitrogen functional groups attached to an aromatic ring is 1. The van der Waals surface area contributed by atoms with Gasteiger partial charge in [-0.1, -0.05) is 28.1 Å². The van der Waals surface area contributed by atoms with Gasteiger partial charge >= 0.3 is 0 Å². The summed E-state index contributed by atoms with van der Waals surface area (Å²) in [6.07, 6.45) is 0. The first-order chi connectivity index (χ1) is 5.15. The molecule has 11 heavy (non-hydrogen) atoms. The summed E-state index contributed by atoms with van der Waals surface area (Å²) in [4.78, 5) is 3.85. The highest BCUT2D eigenvalue weighted by atomic mass is 35.5. The highest BCUT2D eigenvalue weighted by Gasteiger charge is 2.09. The van der Waals surface area contributed by atoms with E-state index in [4.69, 9.17) is 22.5 Å². The van der Waals surface area contributed by atoms with Crippen LogP contribution in [0.1, 0.15) is 12.6 Å². The lowest BCUT2D eigenvalue weighted by atomic mass is 10.3. The van der Waals surface area contributed by atoms with Crippen molar-refractivity contribution < 1.29 is 5.21 Å². The second-order valence-corrected chi connectivity index (χ2v) is 3.49. The van der Waals surface area contributed by atoms with Crippen LogP contribution < -0.4 is 5.73 Å². The Hall–Kier alpha value is -0.810. The summed E-state index contributed by atoms with van der Waals surface area (Å²) in [6.45, 7) is 1.60. The minimum absolute atomic E-state index is 0.364. The fraction of sp³-hybridized carbons (Fsp3) is 0.200. The fourth-order valence-corrected chi connectivity index (χ4v) is 1.61. The average Bonchev–Trinajstić information content (AvgIpc) is 2.28. The Balaban J connectivity index is 3.13. The van der Waals surface area contributed by atoms with E-state index < -0.39 is 0 Å². The molecule has 0 aliphatic carbocycles. The third-order valence-electron chi connectivity index (χ3n) is 1.10. The van der Waals surface area contributed by atoms with Crippen molar-refractivity contribution in [2.45, 2.75) is 6.92 Å². The molecule has 3 N–H and O–H groups in total. The van der Waals surface area contributed by atoms with Gasteiger partial charge < -0.3 is 10.9 Å². The largest absolute Gasteiger partial charge is 0.411 e. The molecule has 0 radical (unpaired) electrons. The Bertz CT molecular complexity index is 296. The second kappa shape index (κ2) is 3.06. The van der Waals surface area contributed by atoms with Gasteiger partial charge in [0.2, 0.25) is 0 Å². The number of halogens is 1. The number of thiazole rings is 1. The van der Waals surface area contributed by atoms with Gasteiger partial charge in [-0.3, -0.25) is 0 Å². The summed E-state index contributed by atoms with van der Waals surface area (Å²) >= 11 is 6.86. The number of hydrogen-bond donors (Lipinski definition) is 2. The molecule has 6 heteroatoms. The lowest BCUT2D eigenvalue weighted by molar-refractivity contribution is 0.319. The van der Waals surface area contributed by atoms with Crippen LogP contribution in [0.25, 0.3) is 0 Å². The number of anilines is 1. The maximum Gasteiger partial charge on any atom is 0.182 e. The molecule has 1 rings (SSSR count). The second-order valence-electron chi connectivity index (χ2n) is 1.86. The summed E-state index contributed by atoms with van der Waals surface area (Å²) < 4.78 is 0.442. The van der Waals surface area contributed by atoms with E-state index in [9.17, 15) is 0 Å². The van der Waals surface area contributed by atoms with Crippen LogP contribution in [-0.2, 0) is 0 Å². The van der Waals surface area contributed by atoms with Gasteiger partial charge in [0, 0.05) is 0 Å². The lowest BCUT2D eigenvalue weighted by Crippen LogP contribution is -1.96. The van der Waals surface area contributed by atoms with Crippen molar-refractivity contribution in [1.29, 1.82) is 0 Å². The Labute approximate surface area is 72.3 Å². The van der Waals surface area contributed by atoms with E-state index in [0.29, 0.717) is 20.9 Å². The summed E-state index contributed by atoms with van der Waals surface area (Å²) in [5, 5.41) is 11.7. The smallest absolute Gasteiger partial charge is 0.182 e. The van der Waals surface area contributed by atoms with Crippen molar-refractivity contribution in [3.05, 3.63) is 10.0 Å². The number of rotatable bonds is 1. The molecule has 0 bridgehead atoms. The first-order valence-electron chi connectivity index (χ1n) is 2.76. The third kappa shape index (κ3) is 1.61. The van der Waals surface area contributed by atoms with Gasteiger partial charge in [0.25, 0.3) is 0 Å². The first-order valence-corrected chi connectivity index (χ1v) is 3.95. The lowest BCUT2D eigenvalue weighted by Gasteiger charge is -1.89. The van der Waals surface area contributed by atoms with Crippen LogP contribution in [0.4, 0.5) is 5.13 Å². The zero-order valence-corrected chi connectivity index (χ0v) is 7.28. The van der Waals surface area contributed by atoms with Crippen molar-refractivity contribution >= 4 is 33.8 Å². The normalized spacial score (nSPS) is 12.0. The van der Waals surface area contributed by atoms with Crippen molar-refractivity contribution in [2.24, 2.45) is 5.16 Å². The first kappa shape index (κ1) is 8.29. The zero-order chi connectivity index (χ0) is 8.43.